The topological polar surface area (TPSA) is 38.0 Å². The molecule has 0 aliphatic carbocycles. The van der Waals surface area contributed by atoms with Crippen LogP contribution in [0.5, 0.6) is 0 Å². The summed E-state index contributed by atoms with van der Waals surface area (Å²) in [6, 6.07) is 43.1. The van der Waals surface area contributed by atoms with Crippen molar-refractivity contribution in [1.29, 1.82) is 0 Å². The molecule has 0 unspecified atom stereocenters. The average molecular weight is 555 g/mol. The van der Waals surface area contributed by atoms with Crippen LogP contribution in [-0.4, -0.2) is 0 Å². The molecule has 0 aliphatic heterocycles. The quantitative estimate of drug-likeness (QED) is 0.168. The van der Waals surface area contributed by atoms with E-state index in [1.54, 1.807) is 0 Å². The third kappa shape index (κ3) is 4.49. The van der Waals surface area contributed by atoms with Crippen LogP contribution >= 0.6 is 0 Å². The highest BCUT2D eigenvalue weighted by Gasteiger charge is 2.30. The number of benzene rings is 7. The fraction of sp³-hybridized carbons (Fsp3) is 0.0270. The van der Waals surface area contributed by atoms with E-state index in [0.717, 1.165) is 56.1 Å². The van der Waals surface area contributed by atoms with E-state index in [1.165, 1.54) is 22.4 Å². The molecule has 0 saturated heterocycles. The first-order valence-corrected chi connectivity index (χ1v) is 13.6. The normalized spacial score (nSPS) is 11.8. The minimum atomic E-state index is -4.45. The largest absolute Gasteiger partial charge is 0.416 e. The molecule has 0 atom stereocenters. The smallest absolute Gasteiger partial charge is 0.397 e. The van der Waals surface area contributed by atoms with Gasteiger partial charge in [0, 0.05) is 5.69 Å². The summed E-state index contributed by atoms with van der Waals surface area (Å²) in [4.78, 5) is 0. The number of nitrogen functional groups attached to an aromatic ring is 1. The lowest BCUT2D eigenvalue weighted by atomic mass is 9.85. The molecule has 0 aliphatic rings. The van der Waals surface area contributed by atoms with Gasteiger partial charge < -0.3 is 11.1 Å². The zero-order chi connectivity index (χ0) is 28.8. The zero-order valence-electron chi connectivity index (χ0n) is 22.4. The third-order valence-corrected chi connectivity index (χ3v) is 7.78. The van der Waals surface area contributed by atoms with Crippen molar-refractivity contribution in [3.8, 4) is 22.3 Å². The maximum Gasteiger partial charge on any atom is 0.416 e. The molecule has 0 aromatic heterocycles. The standard InChI is InChI=1S/C37H25F3N2/c38-37(39,40)27-18-19-34(33(41)22-27)42-28-11-7-10-25(21-28)35-29-12-3-5-14-31(29)36(32-15-6-4-13-30(32)35)26-17-16-23-8-1-2-9-24(23)20-26/h1-22,42H,41H2. The number of rotatable bonds is 4. The second-order valence-electron chi connectivity index (χ2n) is 10.4. The number of hydrogen-bond acceptors (Lipinski definition) is 2. The van der Waals surface area contributed by atoms with E-state index >= 15 is 0 Å². The summed E-state index contributed by atoms with van der Waals surface area (Å²) in [5.41, 5.74) is 10.8. The van der Waals surface area contributed by atoms with Crippen LogP contribution in [0.3, 0.4) is 0 Å². The molecule has 5 heteroatoms. The van der Waals surface area contributed by atoms with E-state index in [4.69, 9.17) is 5.73 Å². The molecule has 204 valence electrons. The highest BCUT2D eigenvalue weighted by molar-refractivity contribution is 6.21. The van der Waals surface area contributed by atoms with Gasteiger partial charge in [-0.25, -0.2) is 0 Å². The summed E-state index contributed by atoms with van der Waals surface area (Å²) < 4.78 is 39.5. The van der Waals surface area contributed by atoms with Gasteiger partial charge in [0.15, 0.2) is 0 Å². The van der Waals surface area contributed by atoms with Crippen LogP contribution < -0.4 is 11.1 Å². The molecule has 7 aromatic carbocycles. The van der Waals surface area contributed by atoms with Gasteiger partial charge in [0.1, 0.15) is 0 Å². The maximum atomic E-state index is 13.2. The predicted molar refractivity (Wildman–Crippen MR) is 169 cm³/mol. The second-order valence-corrected chi connectivity index (χ2v) is 10.4. The van der Waals surface area contributed by atoms with E-state index in [-0.39, 0.29) is 5.69 Å². The first-order valence-electron chi connectivity index (χ1n) is 13.6. The lowest BCUT2D eigenvalue weighted by Gasteiger charge is -2.19. The van der Waals surface area contributed by atoms with Gasteiger partial charge in [0.25, 0.3) is 0 Å². The van der Waals surface area contributed by atoms with Crippen molar-refractivity contribution in [2.75, 3.05) is 11.1 Å². The van der Waals surface area contributed by atoms with Crippen LogP contribution in [0.15, 0.2) is 133 Å². The van der Waals surface area contributed by atoms with Crippen molar-refractivity contribution in [2.45, 2.75) is 6.18 Å². The van der Waals surface area contributed by atoms with E-state index in [1.807, 2.05) is 18.2 Å². The Labute approximate surface area is 240 Å². The second kappa shape index (κ2) is 9.96. The fourth-order valence-corrected chi connectivity index (χ4v) is 5.86. The molecular weight excluding hydrogens is 529 g/mol. The van der Waals surface area contributed by atoms with Crippen LogP contribution in [0.25, 0.3) is 54.6 Å². The van der Waals surface area contributed by atoms with Gasteiger partial charge in [-0.15, -0.1) is 0 Å². The van der Waals surface area contributed by atoms with Crippen molar-refractivity contribution in [3.63, 3.8) is 0 Å². The first kappa shape index (κ1) is 25.7. The van der Waals surface area contributed by atoms with E-state index < -0.39 is 11.7 Å². The molecule has 0 saturated carbocycles. The summed E-state index contributed by atoms with van der Waals surface area (Å²) in [5.74, 6) is 0. The monoisotopic (exact) mass is 554 g/mol. The molecule has 0 amide bonds. The first-order chi connectivity index (χ1) is 20.4. The summed E-state index contributed by atoms with van der Waals surface area (Å²) in [5, 5.41) is 10.1. The SMILES string of the molecule is Nc1cc(C(F)(F)F)ccc1Nc1cccc(-c2c3ccccc3c(-c3ccc4ccccc4c3)c3ccccc23)c1. The summed E-state index contributed by atoms with van der Waals surface area (Å²) in [6.45, 7) is 0. The Morgan fingerprint density at radius 3 is 1.67 bits per heavy atom. The Morgan fingerprint density at radius 2 is 1.07 bits per heavy atom. The molecule has 42 heavy (non-hydrogen) atoms. The molecule has 2 nitrogen and oxygen atoms in total. The molecule has 0 spiro atoms. The molecule has 0 bridgehead atoms. The number of halogens is 3. The van der Waals surface area contributed by atoms with Crippen LogP contribution in [0.1, 0.15) is 5.56 Å². The average Bonchev–Trinajstić information content (AvgIpc) is 3.00. The third-order valence-electron chi connectivity index (χ3n) is 7.78. The highest BCUT2D eigenvalue weighted by Crippen LogP contribution is 2.44. The number of anilines is 3. The lowest BCUT2D eigenvalue weighted by Crippen LogP contribution is -2.06. The molecule has 3 N–H and O–H groups in total. The Hall–Kier alpha value is -5.29. The zero-order valence-corrected chi connectivity index (χ0v) is 22.4. The Kier molecular flexibility index (Phi) is 6.09. The number of nitrogens with two attached hydrogens (primary N) is 1. The predicted octanol–water partition coefficient (Wildman–Crippen LogP) is 10.8. The summed E-state index contributed by atoms with van der Waals surface area (Å²) >= 11 is 0. The van der Waals surface area contributed by atoms with Crippen LogP contribution in [0.2, 0.25) is 0 Å². The van der Waals surface area contributed by atoms with Gasteiger partial charge in [0.05, 0.1) is 16.9 Å². The molecule has 7 rings (SSSR count). The van der Waals surface area contributed by atoms with Gasteiger partial charge in [0.2, 0.25) is 0 Å². The van der Waals surface area contributed by atoms with E-state index in [2.05, 4.69) is 102 Å². The van der Waals surface area contributed by atoms with Gasteiger partial charge in [-0.1, -0.05) is 97.1 Å². The molecule has 0 radical (unpaired) electrons. The van der Waals surface area contributed by atoms with Crippen LogP contribution in [0, 0.1) is 0 Å². The summed E-state index contributed by atoms with van der Waals surface area (Å²) in [7, 11) is 0. The van der Waals surface area contributed by atoms with E-state index in [9.17, 15) is 13.2 Å². The minimum Gasteiger partial charge on any atom is -0.397 e. The minimum absolute atomic E-state index is 0.0332. The van der Waals surface area contributed by atoms with Crippen molar-refractivity contribution < 1.29 is 13.2 Å². The van der Waals surface area contributed by atoms with Crippen LogP contribution in [0.4, 0.5) is 30.2 Å². The van der Waals surface area contributed by atoms with Gasteiger partial charge in [-0.3, -0.25) is 0 Å². The van der Waals surface area contributed by atoms with Crippen LogP contribution in [-0.2, 0) is 6.18 Å². The van der Waals surface area contributed by atoms with Crippen molar-refractivity contribution in [2.24, 2.45) is 0 Å². The Bertz CT molecular complexity index is 2070. The van der Waals surface area contributed by atoms with Crippen molar-refractivity contribution in [3.05, 3.63) is 139 Å². The number of fused-ring (bicyclic) bond motifs is 3. The Morgan fingerprint density at radius 1 is 0.500 bits per heavy atom. The fourth-order valence-electron chi connectivity index (χ4n) is 5.86. The van der Waals surface area contributed by atoms with Gasteiger partial charge in [-0.05, 0) is 91.0 Å². The number of hydrogen-bond donors (Lipinski definition) is 2. The molecular formula is C37H25F3N2. The summed E-state index contributed by atoms with van der Waals surface area (Å²) in [6.07, 6.45) is -4.45. The Balaban J connectivity index is 1.40. The molecule has 0 heterocycles. The lowest BCUT2D eigenvalue weighted by molar-refractivity contribution is -0.137. The molecule has 7 aromatic rings. The molecule has 0 fully saturated rings. The maximum absolute atomic E-state index is 13.2. The van der Waals surface area contributed by atoms with E-state index in [0.29, 0.717) is 5.69 Å². The van der Waals surface area contributed by atoms with Gasteiger partial charge >= 0.3 is 6.18 Å². The van der Waals surface area contributed by atoms with Crippen molar-refractivity contribution in [1.82, 2.24) is 0 Å². The highest BCUT2D eigenvalue weighted by atomic mass is 19.4. The van der Waals surface area contributed by atoms with Crippen molar-refractivity contribution >= 4 is 49.4 Å². The number of nitrogens with one attached hydrogen (secondary N) is 1. The van der Waals surface area contributed by atoms with Gasteiger partial charge in [-0.2, -0.15) is 13.2 Å². The number of alkyl halides is 3.